The smallest absolute Gasteiger partial charge is 0.147 e. The second-order valence-corrected chi connectivity index (χ2v) is 6.55. The molecule has 0 amide bonds. The molecule has 114 valence electrons. The molecule has 21 heavy (non-hydrogen) atoms. The molecule has 0 aromatic carbocycles. The summed E-state index contributed by atoms with van der Waals surface area (Å²) in [7, 11) is 2.03. The van der Waals surface area contributed by atoms with Gasteiger partial charge in [0, 0.05) is 18.5 Å². The van der Waals surface area contributed by atoms with Crippen molar-refractivity contribution in [1.29, 1.82) is 0 Å². The highest BCUT2D eigenvalue weighted by Gasteiger charge is 2.08. The summed E-state index contributed by atoms with van der Waals surface area (Å²) in [5, 5.41) is 3.37. The molecule has 0 bridgehead atoms. The first-order valence-corrected chi connectivity index (χ1v) is 8.06. The normalized spacial score (nSPS) is 11.1. The number of nitrogens with one attached hydrogen (secondary N) is 1. The highest BCUT2D eigenvalue weighted by atomic mass is 32.1. The Labute approximate surface area is 130 Å². The number of anilines is 1. The summed E-state index contributed by atoms with van der Waals surface area (Å²) < 4.78 is 0. The van der Waals surface area contributed by atoms with E-state index in [1.54, 1.807) is 11.3 Å². The van der Waals surface area contributed by atoms with Gasteiger partial charge in [0.05, 0.1) is 35.8 Å². The molecule has 2 rings (SSSR count). The first-order valence-electron chi connectivity index (χ1n) is 7.18. The van der Waals surface area contributed by atoms with Gasteiger partial charge >= 0.3 is 0 Å². The fourth-order valence-electron chi connectivity index (χ4n) is 1.90. The largest absolute Gasteiger partial charge is 0.353 e. The number of thiazole rings is 1. The molecule has 1 N–H and O–H groups in total. The van der Waals surface area contributed by atoms with Gasteiger partial charge in [-0.2, -0.15) is 0 Å². The summed E-state index contributed by atoms with van der Waals surface area (Å²) in [6.45, 7) is 9.00. The molecule has 0 spiro atoms. The van der Waals surface area contributed by atoms with Gasteiger partial charge in [0.15, 0.2) is 0 Å². The van der Waals surface area contributed by atoms with Gasteiger partial charge in [0.2, 0.25) is 0 Å². The lowest BCUT2D eigenvalue weighted by Gasteiger charge is -2.17. The average molecular weight is 305 g/mol. The van der Waals surface area contributed by atoms with E-state index in [2.05, 4.69) is 39.0 Å². The molecule has 2 aromatic rings. The second-order valence-electron chi connectivity index (χ2n) is 5.61. The van der Waals surface area contributed by atoms with E-state index in [0.717, 1.165) is 36.8 Å². The molecule has 0 aliphatic rings. The summed E-state index contributed by atoms with van der Waals surface area (Å²) >= 11 is 1.68. The predicted octanol–water partition coefficient (Wildman–Crippen LogP) is 2.62. The minimum atomic E-state index is 0.644. The molecule has 0 aliphatic carbocycles. The van der Waals surface area contributed by atoms with Gasteiger partial charge in [-0.05, 0) is 19.4 Å². The molecule has 0 unspecified atom stereocenters. The Morgan fingerprint density at radius 3 is 2.62 bits per heavy atom. The lowest BCUT2D eigenvalue weighted by Crippen LogP contribution is -2.21. The summed E-state index contributed by atoms with van der Waals surface area (Å²) in [6, 6.07) is 0. The maximum atomic E-state index is 4.49. The quantitative estimate of drug-likeness (QED) is 0.852. The summed E-state index contributed by atoms with van der Waals surface area (Å²) in [5.41, 5.74) is 3.95. The van der Waals surface area contributed by atoms with Crippen LogP contribution in [0.25, 0.3) is 0 Å². The van der Waals surface area contributed by atoms with Crippen molar-refractivity contribution in [3.63, 3.8) is 0 Å². The van der Waals surface area contributed by atoms with E-state index in [0.29, 0.717) is 5.92 Å². The van der Waals surface area contributed by atoms with Crippen molar-refractivity contribution >= 4 is 17.2 Å². The summed E-state index contributed by atoms with van der Waals surface area (Å²) in [6.07, 6.45) is 3.68. The molecule has 0 saturated heterocycles. The Balaban J connectivity index is 1.90. The van der Waals surface area contributed by atoms with Gasteiger partial charge < -0.3 is 10.2 Å². The molecule has 6 heteroatoms. The fraction of sp³-hybridized carbons (Fsp3) is 0.533. The van der Waals surface area contributed by atoms with E-state index in [4.69, 9.17) is 0 Å². The average Bonchev–Trinajstić information content (AvgIpc) is 2.84. The van der Waals surface area contributed by atoms with Gasteiger partial charge in [0.25, 0.3) is 0 Å². The van der Waals surface area contributed by atoms with Crippen molar-refractivity contribution in [3.05, 3.63) is 34.2 Å². The zero-order chi connectivity index (χ0) is 15.2. The van der Waals surface area contributed by atoms with Gasteiger partial charge in [-0.15, -0.1) is 11.3 Å². The van der Waals surface area contributed by atoms with E-state index < -0.39 is 0 Å². The van der Waals surface area contributed by atoms with E-state index in [1.165, 1.54) is 4.88 Å². The van der Waals surface area contributed by atoms with Gasteiger partial charge in [-0.25, -0.2) is 9.97 Å². The molecule has 0 saturated carbocycles. The van der Waals surface area contributed by atoms with Crippen LogP contribution in [0.5, 0.6) is 0 Å². The van der Waals surface area contributed by atoms with Crippen LogP contribution in [0.1, 0.15) is 30.1 Å². The third kappa shape index (κ3) is 4.75. The van der Waals surface area contributed by atoms with Crippen LogP contribution in [0.4, 0.5) is 5.82 Å². The summed E-state index contributed by atoms with van der Waals surface area (Å²) in [4.78, 5) is 16.6. The maximum absolute atomic E-state index is 4.49. The lowest BCUT2D eigenvalue weighted by molar-refractivity contribution is 0.547. The van der Waals surface area contributed by atoms with E-state index in [-0.39, 0.29) is 0 Å². The Kier molecular flexibility index (Phi) is 5.64. The first-order chi connectivity index (χ1) is 10.1. The minimum Gasteiger partial charge on any atom is -0.353 e. The SMILES string of the molecule is Cc1ncsc1CN(C)c1cnc(CNCC(C)C)cn1. The first kappa shape index (κ1) is 15.9. The molecule has 2 aromatic heterocycles. The molecule has 0 atom stereocenters. The van der Waals surface area contributed by atoms with E-state index in [9.17, 15) is 0 Å². The van der Waals surface area contributed by atoms with Crippen molar-refractivity contribution < 1.29 is 0 Å². The van der Waals surface area contributed by atoms with Gasteiger partial charge in [0.1, 0.15) is 5.82 Å². The van der Waals surface area contributed by atoms with Crippen LogP contribution in [0.3, 0.4) is 0 Å². The highest BCUT2D eigenvalue weighted by molar-refractivity contribution is 7.09. The molecular weight excluding hydrogens is 282 g/mol. The Morgan fingerprint density at radius 2 is 2.05 bits per heavy atom. The number of aromatic nitrogens is 3. The zero-order valence-corrected chi connectivity index (χ0v) is 13.9. The number of nitrogens with zero attached hydrogens (tertiary/aromatic N) is 4. The van der Waals surface area contributed by atoms with Crippen molar-refractivity contribution in [2.24, 2.45) is 5.92 Å². The van der Waals surface area contributed by atoms with Crippen LogP contribution in [-0.4, -0.2) is 28.5 Å². The topological polar surface area (TPSA) is 53.9 Å². The monoisotopic (exact) mass is 305 g/mol. The molecule has 0 aliphatic heterocycles. The van der Waals surface area contributed by atoms with E-state index in [1.807, 2.05) is 31.9 Å². The Bertz CT molecular complexity index is 549. The van der Waals surface area contributed by atoms with Crippen molar-refractivity contribution in [2.75, 3.05) is 18.5 Å². The number of hydrogen-bond donors (Lipinski definition) is 1. The molecule has 0 fully saturated rings. The highest BCUT2D eigenvalue weighted by Crippen LogP contribution is 2.17. The molecular formula is C15H23N5S. The van der Waals surface area contributed by atoms with Gasteiger partial charge in [-0.3, -0.25) is 4.98 Å². The second kappa shape index (κ2) is 7.47. The van der Waals surface area contributed by atoms with Crippen LogP contribution in [0, 0.1) is 12.8 Å². The number of aryl methyl sites for hydroxylation is 1. The number of rotatable bonds is 7. The third-order valence-electron chi connectivity index (χ3n) is 3.17. The summed E-state index contributed by atoms with van der Waals surface area (Å²) in [5.74, 6) is 1.53. The van der Waals surface area contributed by atoms with Crippen molar-refractivity contribution in [3.8, 4) is 0 Å². The van der Waals surface area contributed by atoms with Crippen LogP contribution < -0.4 is 10.2 Å². The van der Waals surface area contributed by atoms with Crippen LogP contribution in [0.2, 0.25) is 0 Å². The third-order valence-corrected chi connectivity index (χ3v) is 4.09. The van der Waals surface area contributed by atoms with Crippen LogP contribution in [-0.2, 0) is 13.1 Å². The zero-order valence-electron chi connectivity index (χ0n) is 13.1. The Morgan fingerprint density at radius 1 is 1.24 bits per heavy atom. The van der Waals surface area contributed by atoms with Crippen LogP contribution >= 0.6 is 11.3 Å². The van der Waals surface area contributed by atoms with Crippen molar-refractivity contribution in [2.45, 2.75) is 33.9 Å². The predicted molar refractivity (Wildman–Crippen MR) is 87.5 cm³/mol. The van der Waals surface area contributed by atoms with Gasteiger partial charge in [-0.1, -0.05) is 13.8 Å². The molecule has 5 nitrogen and oxygen atoms in total. The number of hydrogen-bond acceptors (Lipinski definition) is 6. The van der Waals surface area contributed by atoms with Crippen molar-refractivity contribution in [1.82, 2.24) is 20.3 Å². The molecule has 0 radical (unpaired) electrons. The maximum Gasteiger partial charge on any atom is 0.147 e. The Hall–Kier alpha value is -1.53. The lowest BCUT2D eigenvalue weighted by atomic mass is 10.2. The van der Waals surface area contributed by atoms with Crippen LogP contribution in [0.15, 0.2) is 17.9 Å². The minimum absolute atomic E-state index is 0.644. The van der Waals surface area contributed by atoms with E-state index >= 15 is 0 Å². The molecule has 2 heterocycles. The fourth-order valence-corrected chi connectivity index (χ4v) is 2.73. The standard InChI is InChI=1S/C15H23N5S/c1-11(2)5-16-6-13-7-18-15(8-17-13)20(4)9-14-12(3)19-10-21-14/h7-8,10-11,16H,5-6,9H2,1-4H3.